The Hall–Kier alpha value is -2.04. The van der Waals surface area contributed by atoms with Crippen molar-refractivity contribution in [3.05, 3.63) is 39.4 Å². The molecule has 1 aromatic carbocycles. The lowest BCUT2D eigenvalue weighted by molar-refractivity contribution is -0.385. The van der Waals surface area contributed by atoms with Crippen molar-refractivity contribution in [3.8, 4) is 0 Å². The lowest BCUT2D eigenvalue weighted by Gasteiger charge is -2.04. The highest BCUT2D eigenvalue weighted by molar-refractivity contribution is 6.10. The molecule has 0 amide bonds. The van der Waals surface area contributed by atoms with Crippen molar-refractivity contribution < 1.29 is 14.5 Å². The number of nitro benzene ring substituents is 1. The van der Waals surface area contributed by atoms with Gasteiger partial charge in [-0.15, -0.1) is 0 Å². The SMILES string of the molecule is CCC(=O)CC(=O)c1c(C)cccc1[N+](=O)[O-]. The van der Waals surface area contributed by atoms with Gasteiger partial charge in [0, 0.05) is 12.5 Å². The largest absolute Gasteiger partial charge is 0.299 e. The van der Waals surface area contributed by atoms with Crippen LogP contribution < -0.4 is 0 Å². The molecule has 0 N–H and O–H groups in total. The van der Waals surface area contributed by atoms with Gasteiger partial charge >= 0.3 is 0 Å². The van der Waals surface area contributed by atoms with E-state index in [2.05, 4.69) is 0 Å². The Labute approximate surface area is 98.6 Å². The molecule has 0 bridgehead atoms. The summed E-state index contributed by atoms with van der Waals surface area (Å²) >= 11 is 0. The molecule has 0 atom stereocenters. The minimum atomic E-state index is -0.601. The molecule has 5 nitrogen and oxygen atoms in total. The van der Waals surface area contributed by atoms with Crippen LogP contribution in [0.3, 0.4) is 0 Å². The van der Waals surface area contributed by atoms with E-state index in [1.54, 1.807) is 19.9 Å². The number of hydrogen-bond acceptors (Lipinski definition) is 4. The van der Waals surface area contributed by atoms with Crippen molar-refractivity contribution in [3.63, 3.8) is 0 Å². The number of nitro groups is 1. The van der Waals surface area contributed by atoms with Gasteiger partial charge in [-0.3, -0.25) is 19.7 Å². The topological polar surface area (TPSA) is 77.3 Å². The zero-order valence-electron chi connectivity index (χ0n) is 9.73. The Morgan fingerprint density at radius 1 is 1.35 bits per heavy atom. The monoisotopic (exact) mass is 235 g/mol. The van der Waals surface area contributed by atoms with E-state index in [1.807, 2.05) is 0 Å². The van der Waals surface area contributed by atoms with Gasteiger partial charge in [-0.2, -0.15) is 0 Å². The van der Waals surface area contributed by atoms with Crippen LogP contribution in [0.4, 0.5) is 5.69 Å². The fourth-order valence-corrected chi connectivity index (χ4v) is 1.56. The summed E-state index contributed by atoms with van der Waals surface area (Å²) in [4.78, 5) is 33.2. The summed E-state index contributed by atoms with van der Waals surface area (Å²) in [7, 11) is 0. The number of nitrogens with zero attached hydrogens (tertiary/aromatic N) is 1. The Kier molecular flexibility index (Phi) is 4.09. The highest BCUT2D eigenvalue weighted by Gasteiger charge is 2.23. The first kappa shape index (κ1) is 13.0. The molecule has 0 spiro atoms. The number of carbonyl (C=O) groups excluding carboxylic acids is 2. The Morgan fingerprint density at radius 2 is 2.00 bits per heavy atom. The van der Waals surface area contributed by atoms with Gasteiger partial charge in [-0.05, 0) is 12.5 Å². The molecule has 0 aliphatic heterocycles. The molecule has 0 saturated heterocycles. The van der Waals surface area contributed by atoms with Crippen LogP contribution in [-0.2, 0) is 4.79 Å². The van der Waals surface area contributed by atoms with Gasteiger partial charge in [0.1, 0.15) is 5.78 Å². The van der Waals surface area contributed by atoms with Crippen LogP contribution in [0.15, 0.2) is 18.2 Å². The van der Waals surface area contributed by atoms with Gasteiger partial charge in [0.15, 0.2) is 5.78 Å². The molecular formula is C12H13NO4. The van der Waals surface area contributed by atoms with E-state index in [1.165, 1.54) is 12.1 Å². The molecule has 0 heterocycles. The highest BCUT2D eigenvalue weighted by atomic mass is 16.6. The zero-order chi connectivity index (χ0) is 13.0. The van der Waals surface area contributed by atoms with E-state index in [9.17, 15) is 19.7 Å². The summed E-state index contributed by atoms with van der Waals surface area (Å²) in [6.07, 6.45) is -0.0202. The fourth-order valence-electron chi connectivity index (χ4n) is 1.56. The van der Waals surface area contributed by atoms with E-state index in [0.29, 0.717) is 5.56 Å². The van der Waals surface area contributed by atoms with E-state index in [-0.39, 0.29) is 29.9 Å². The summed E-state index contributed by atoms with van der Waals surface area (Å²) in [5.74, 6) is -0.700. The number of benzene rings is 1. The molecule has 0 fully saturated rings. The van der Waals surface area contributed by atoms with Crippen LogP contribution in [0.5, 0.6) is 0 Å². The second-order valence-electron chi connectivity index (χ2n) is 3.72. The maximum Gasteiger partial charge on any atom is 0.280 e. The third-order valence-electron chi connectivity index (χ3n) is 2.48. The quantitative estimate of drug-likeness (QED) is 0.340. The van der Waals surface area contributed by atoms with Gasteiger partial charge in [-0.1, -0.05) is 19.1 Å². The first-order valence-electron chi connectivity index (χ1n) is 5.26. The summed E-state index contributed by atoms with van der Waals surface area (Å²) in [5, 5.41) is 10.8. The van der Waals surface area contributed by atoms with Gasteiger partial charge in [0.05, 0.1) is 16.9 Å². The molecule has 0 saturated carbocycles. The average molecular weight is 235 g/mol. The van der Waals surface area contributed by atoms with Crippen molar-refractivity contribution in [1.82, 2.24) is 0 Å². The van der Waals surface area contributed by atoms with E-state index < -0.39 is 10.7 Å². The number of ketones is 2. The standard InChI is InChI=1S/C12H13NO4/c1-3-9(14)7-11(15)12-8(2)5-4-6-10(12)13(16)17/h4-6H,3,7H2,1-2H3. The first-order chi connectivity index (χ1) is 7.97. The fraction of sp³-hybridized carbons (Fsp3) is 0.333. The van der Waals surface area contributed by atoms with Crippen molar-refractivity contribution in [2.45, 2.75) is 26.7 Å². The summed E-state index contributed by atoms with van der Waals surface area (Å²) in [5.41, 5.74) is 0.325. The molecule has 0 aromatic heterocycles. The number of aryl methyl sites for hydroxylation is 1. The summed E-state index contributed by atoms with van der Waals surface area (Å²) in [6.45, 7) is 3.28. The molecule has 0 aliphatic carbocycles. The minimum Gasteiger partial charge on any atom is -0.299 e. The smallest absolute Gasteiger partial charge is 0.280 e. The zero-order valence-corrected chi connectivity index (χ0v) is 9.73. The van der Waals surface area contributed by atoms with Crippen LogP contribution in [0.2, 0.25) is 0 Å². The average Bonchev–Trinajstić information content (AvgIpc) is 2.28. The minimum absolute atomic E-state index is 0.0410. The van der Waals surface area contributed by atoms with Crippen LogP contribution in [0, 0.1) is 17.0 Å². The van der Waals surface area contributed by atoms with Gasteiger partial charge < -0.3 is 0 Å². The number of hydrogen-bond donors (Lipinski definition) is 0. The molecule has 0 unspecified atom stereocenters. The summed E-state index contributed by atoms with van der Waals surface area (Å²) < 4.78 is 0. The number of Topliss-reactive ketones (excluding diaryl/α,β-unsaturated/α-hetero) is 2. The van der Waals surface area contributed by atoms with Crippen LogP contribution in [-0.4, -0.2) is 16.5 Å². The predicted molar refractivity (Wildman–Crippen MR) is 62.1 cm³/mol. The van der Waals surface area contributed by atoms with Crippen molar-refractivity contribution in [2.75, 3.05) is 0 Å². The normalized spacial score (nSPS) is 10.0. The molecule has 17 heavy (non-hydrogen) atoms. The van der Waals surface area contributed by atoms with Crippen molar-refractivity contribution >= 4 is 17.3 Å². The third kappa shape index (κ3) is 2.96. The number of carbonyl (C=O) groups is 2. The second-order valence-corrected chi connectivity index (χ2v) is 3.72. The maximum absolute atomic E-state index is 11.8. The van der Waals surface area contributed by atoms with E-state index in [0.717, 1.165) is 0 Å². The van der Waals surface area contributed by atoms with Gasteiger partial charge in [0.2, 0.25) is 0 Å². The van der Waals surface area contributed by atoms with E-state index >= 15 is 0 Å². The molecule has 5 heteroatoms. The van der Waals surface area contributed by atoms with Crippen molar-refractivity contribution in [1.29, 1.82) is 0 Å². The Morgan fingerprint density at radius 3 is 2.53 bits per heavy atom. The van der Waals surface area contributed by atoms with Crippen molar-refractivity contribution in [2.24, 2.45) is 0 Å². The third-order valence-corrected chi connectivity index (χ3v) is 2.48. The van der Waals surface area contributed by atoms with Crippen LogP contribution in [0.1, 0.15) is 35.7 Å². The maximum atomic E-state index is 11.8. The van der Waals surface area contributed by atoms with Crippen LogP contribution >= 0.6 is 0 Å². The molecule has 0 aliphatic rings. The van der Waals surface area contributed by atoms with Crippen LogP contribution in [0.25, 0.3) is 0 Å². The Bertz CT molecular complexity index is 479. The lowest BCUT2D eigenvalue weighted by Crippen LogP contribution is -2.11. The predicted octanol–water partition coefficient (Wildman–Crippen LogP) is 2.46. The lowest BCUT2D eigenvalue weighted by atomic mass is 9.98. The van der Waals surface area contributed by atoms with Gasteiger partial charge in [0.25, 0.3) is 5.69 Å². The molecule has 90 valence electrons. The Balaban J connectivity index is 3.16. The number of rotatable bonds is 5. The van der Waals surface area contributed by atoms with Gasteiger partial charge in [-0.25, -0.2) is 0 Å². The first-order valence-corrected chi connectivity index (χ1v) is 5.26. The highest BCUT2D eigenvalue weighted by Crippen LogP contribution is 2.23. The molecule has 0 radical (unpaired) electrons. The molecule has 1 aromatic rings. The molecule has 1 rings (SSSR count). The second kappa shape index (κ2) is 5.34. The summed E-state index contributed by atoms with van der Waals surface area (Å²) in [6, 6.07) is 4.42. The molecular weight excluding hydrogens is 222 g/mol. The van der Waals surface area contributed by atoms with E-state index in [4.69, 9.17) is 0 Å².